The number of carbonyl (C=O) groups excluding carboxylic acids is 1. The van der Waals surface area contributed by atoms with Gasteiger partial charge in [0, 0.05) is 25.0 Å². The van der Waals surface area contributed by atoms with Gasteiger partial charge in [0.1, 0.15) is 10.6 Å². The molecule has 2 N–H and O–H groups in total. The molecule has 0 radical (unpaired) electrons. The van der Waals surface area contributed by atoms with E-state index >= 15 is 0 Å². The van der Waals surface area contributed by atoms with E-state index in [1.54, 1.807) is 41.3 Å². The normalized spacial score (nSPS) is 20.1. The Morgan fingerprint density at radius 3 is 2.55 bits per heavy atom. The zero-order valence-corrected chi connectivity index (χ0v) is 17.3. The molecule has 4 rings (SSSR count). The zero-order valence-electron chi connectivity index (χ0n) is 15.7. The maximum atomic E-state index is 12.6. The van der Waals surface area contributed by atoms with Gasteiger partial charge in [0.25, 0.3) is 0 Å². The molecule has 29 heavy (non-hydrogen) atoms. The number of amides is 2. The highest BCUT2D eigenvalue weighted by molar-refractivity contribution is 7.89. The van der Waals surface area contributed by atoms with Crippen molar-refractivity contribution < 1.29 is 17.9 Å². The molecule has 2 amide bonds. The smallest absolute Gasteiger partial charge is 0.321 e. The maximum Gasteiger partial charge on any atom is 0.321 e. The first kappa shape index (κ1) is 20.0. The number of carbonyl (C=O) groups is 1. The van der Waals surface area contributed by atoms with Gasteiger partial charge in [-0.1, -0.05) is 35.9 Å². The van der Waals surface area contributed by atoms with Crippen LogP contribution < -0.4 is 14.8 Å². The standard InChI is InChI=1S/C20H22ClN3O4S/c21-15-5-1-2-6-16(15)23-19(25)24-11-9-20(10-12-24)13-22-29(26,27)18-8-4-3-7-17(18)28-14-20/h1-8,22H,9-14H2,(H,23,25). The average Bonchev–Trinajstić information content (AvgIpc) is 2.73. The number of anilines is 1. The van der Waals surface area contributed by atoms with Crippen LogP contribution in [0.25, 0.3) is 0 Å². The Kier molecular flexibility index (Phi) is 5.42. The van der Waals surface area contributed by atoms with Crippen molar-refractivity contribution in [3.05, 3.63) is 53.6 Å². The summed E-state index contributed by atoms with van der Waals surface area (Å²) >= 11 is 6.11. The van der Waals surface area contributed by atoms with E-state index < -0.39 is 10.0 Å². The van der Waals surface area contributed by atoms with Crippen molar-refractivity contribution in [2.24, 2.45) is 5.41 Å². The fourth-order valence-electron chi connectivity index (χ4n) is 3.66. The van der Waals surface area contributed by atoms with Crippen LogP contribution in [-0.4, -0.2) is 45.6 Å². The molecule has 2 heterocycles. The molecule has 1 fully saturated rings. The third-order valence-corrected chi connectivity index (χ3v) is 7.31. The maximum absolute atomic E-state index is 12.6. The highest BCUT2D eigenvalue weighted by Gasteiger charge is 2.40. The number of sulfonamides is 1. The highest BCUT2D eigenvalue weighted by atomic mass is 35.5. The van der Waals surface area contributed by atoms with Crippen LogP contribution >= 0.6 is 11.6 Å². The fourth-order valence-corrected chi connectivity index (χ4v) is 5.15. The van der Waals surface area contributed by atoms with E-state index in [0.717, 1.165) is 0 Å². The van der Waals surface area contributed by atoms with Crippen LogP contribution in [0.5, 0.6) is 5.75 Å². The summed E-state index contributed by atoms with van der Waals surface area (Å²) < 4.78 is 33.8. The molecule has 0 aromatic heterocycles. The Hall–Kier alpha value is -2.29. The topological polar surface area (TPSA) is 87.7 Å². The first-order valence-corrected chi connectivity index (χ1v) is 11.3. The summed E-state index contributed by atoms with van der Waals surface area (Å²) in [7, 11) is -3.64. The second-order valence-electron chi connectivity index (χ2n) is 7.46. The van der Waals surface area contributed by atoms with Crippen LogP contribution in [0.15, 0.2) is 53.4 Å². The summed E-state index contributed by atoms with van der Waals surface area (Å²) in [5.74, 6) is 0.359. The predicted molar refractivity (Wildman–Crippen MR) is 111 cm³/mol. The molecule has 0 aliphatic carbocycles. The van der Waals surface area contributed by atoms with Gasteiger partial charge >= 0.3 is 6.03 Å². The van der Waals surface area contributed by atoms with E-state index in [4.69, 9.17) is 16.3 Å². The summed E-state index contributed by atoms with van der Waals surface area (Å²) in [6, 6.07) is 13.5. The number of ether oxygens (including phenoxy) is 1. The number of nitrogens with zero attached hydrogens (tertiary/aromatic N) is 1. The first-order valence-electron chi connectivity index (χ1n) is 9.41. The summed E-state index contributed by atoms with van der Waals surface area (Å²) in [6.45, 7) is 1.68. The number of hydrogen-bond donors (Lipinski definition) is 2. The minimum absolute atomic E-state index is 0.159. The number of fused-ring (bicyclic) bond motifs is 1. The molecular weight excluding hydrogens is 414 g/mol. The predicted octanol–water partition coefficient (Wildman–Crippen LogP) is 3.33. The molecule has 0 atom stereocenters. The number of likely N-dealkylation sites (tertiary alicyclic amines) is 1. The van der Waals surface area contributed by atoms with Crippen LogP contribution in [0.4, 0.5) is 10.5 Å². The third kappa shape index (κ3) is 4.19. The van der Waals surface area contributed by atoms with Gasteiger partial charge in [0.2, 0.25) is 10.0 Å². The van der Waals surface area contributed by atoms with Crippen LogP contribution in [0.1, 0.15) is 12.8 Å². The lowest BCUT2D eigenvalue weighted by molar-refractivity contribution is 0.0693. The number of piperidine rings is 1. The molecule has 2 aromatic carbocycles. The lowest BCUT2D eigenvalue weighted by Crippen LogP contribution is -2.52. The Morgan fingerprint density at radius 1 is 1.10 bits per heavy atom. The largest absolute Gasteiger partial charge is 0.492 e. The molecule has 2 aromatic rings. The zero-order chi connectivity index (χ0) is 20.5. The Bertz CT molecular complexity index is 1020. The summed E-state index contributed by atoms with van der Waals surface area (Å²) in [5.41, 5.74) is 0.208. The van der Waals surface area contributed by atoms with Gasteiger partial charge in [-0.15, -0.1) is 0 Å². The highest BCUT2D eigenvalue weighted by Crippen LogP contribution is 2.36. The van der Waals surface area contributed by atoms with Gasteiger partial charge in [0.05, 0.1) is 17.3 Å². The molecule has 7 nitrogen and oxygen atoms in total. The monoisotopic (exact) mass is 435 g/mol. The molecule has 1 spiro atoms. The quantitative estimate of drug-likeness (QED) is 0.719. The number of nitrogens with one attached hydrogen (secondary N) is 2. The Morgan fingerprint density at radius 2 is 1.79 bits per heavy atom. The summed E-state index contributed by atoms with van der Waals surface area (Å²) in [6.07, 6.45) is 1.27. The van der Waals surface area contributed by atoms with E-state index in [1.807, 2.05) is 6.07 Å². The van der Waals surface area contributed by atoms with Crippen LogP contribution in [-0.2, 0) is 10.0 Å². The SMILES string of the molecule is O=C(Nc1ccccc1Cl)N1CCC2(CC1)CNS(=O)(=O)c1ccccc1OC2. The van der Waals surface area contributed by atoms with Crippen LogP contribution in [0.3, 0.4) is 0 Å². The molecule has 1 saturated heterocycles. The van der Waals surface area contributed by atoms with Crippen LogP contribution in [0, 0.1) is 5.41 Å². The van der Waals surface area contributed by atoms with Crippen LogP contribution in [0.2, 0.25) is 5.02 Å². The molecule has 9 heteroatoms. The number of urea groups is 1. The van der Waals surface area contributed by atoms with E-state index in [1.165, 1.54) is 6.07 Å². The first-order chi connectivity index (χ1) is 13.9. The number of rotatable bonds is 1. The summed E-state index contributed by atoms with van der Waals surface area (Å²) in [5, 5.41) is 3.31. The molecule has 2 aliphatic rings. The molecule has 154 valence electrons. The molecule has 0 saturated carbocycles. The number of benzene rings is 2. The second kappa shape index (κ2) is 7.85. The van der Waals surface area contributed by atoms with Gasteiger partial charge in [-0.05, 0) is 37.1 Å². The van der Waals surface area contributed by atoms with E-state index in [0.29, 0.717) is 49.0 Å². The van der Waals surface area contributed by atoms with Gasteiger partial charge in [0.15, 0.2) is 0 Å². The molecule has 2 aliphatic heterocycles. The van der Waals surface area contributed by atoms with Crippen molar-refractivity contribution >= 4 is 33.3 Å². The van der Waals surface area contributed by atoms with Gasteiger partial charge in [-0.25, -0.2) is 17.9 Å². The van der Waals surface area contributed by atoms with E-state index in [9.17, 15) is 13.2 Å². The van der Waals surface area contributed by atoms with Gasteiger partial charge in [-0.3, -0.25) is 0 Å². The van der Waals surface area contributed by atoms with Crippen molar-refractivity contribution in [2.75, 3.05) is 31.6 Å². The average molecular weight is 436 g/mol. The third-order valence-electron chi connectivity index (χ3n) is 5.54. The minimum atomic E-state index is -3.64. The molecule has 0 bridgehead atoms. The van der Waals surface area contributed by atoms with Crippen molar-refractivity contribution in [3.8, 4) is 5.75 Å². The minimum Gasteiger partial charge on any atom is -0.492 e. The number of halogens is 1. The Labute approximate surface area is 175 Å². The second-order valence-corrected chi connectivity index (χ2v) is 9.60. The molecule has 0 unspecified atom stereocenters. The van der Waals surface area contributed by atoms with Crippen molar-refractivity contribution in [1.82, 2.24) is 9.62 Å². The number of para-hydroxylation sites is 2. The Balaban J connectivity index is 1.43. The van der Waals surface area contributed by atoms with Crippen molar-refractivity contribution in [1.29, 1.82) is 0 Å². The van der Waals surface area contributed by atoms with Crippen molar-refractivity contribution in [3.63, 3.8) is 0 Å². The van der Waals surface area contributed by atoms with Gasteiger partial charge < -0.3 is 15.0 Å². The lowest BCUT2D eigenvalue weighted by Gasteiger charge is -2.42. The van der Waals surface area contributed by atoms with Crippen molar-refractivity contribution in [2.45, 2.75) is 17.7 Å². The summed E-state index contributed by atoms with van der Waals surface area (Å²) in [4.78, 5) is 14.5. The van der Waals surface area contributed by atoms with Gasteiger partial charge in [-0.2, -0.15) is 0 Å². The van der Waals surface area contributed by atoms with E-state index in [-0.39, 0.29) is 22.9 Å². The van der Waals surface area contributed by atoms with E-state index in [2.05, 4.69) is 10.0 Å². The molecular formula is C20H22ClN3O4S. The number of hydrogen-bond acceptors (Lipinski definition) is 4. The fraction of sp³-hybridized carbons (Fsp3) is 0.350. The lowest BCUT2D eigenvalue weighted by atomic mass is 9.79.